The van der Waals surface area contributed by atoms with Gasteiger partial charge in [0.1, 0.15) is 6.54 Å². The van der Waals surface area contributed by atoms with Gasteiger partial charge in [-0.2, -0.15) is 5.10 Å². The molecule has 1 aromatic rings. The van der Waals surface area contributed by atoms with Gasteiger partial charge in [-0.25, -0.2) is 0 Å². The molecule has 3 aliphatic rings. The third-order valence-electron chi connectivity index (χ3n) is 6.19. The maximum atomic E-state index is 12.7. The van der Waals surface area contributed by atoms with Crippen molar-refractivity contribution in [2.75, 3.05) is 37.6 Å². The number of hydrogen-bond acceptors (Lipinski definition) is 3. The van der Waals surface area contributed by atoms with Gasteiger partial charge in [-0.3, -0.25) is 14.5 Å². The number of aliphatic imine (C=N–C) groups is 1. The van der Waals surface area contributed by atoms with Crippen LogP contribution in [0.3, 0.4) is 0 Å². The van der Waals surface area contributed by atoms with Crippen molar-refractivity contribution in [3.05, 3.63) is 12.4 Å². The topological polar surface area (TPSA) is 65.8 Å². The Hall–Kier alpha value is -2.05. The van der Waals surface area contributed by atoms with Gasteiger partial charge in [-0.15, -0.1) is 0 Å². The van der Waals surface area contributed by atoms with Crippen molar-refractivity contribution in [1.82, 2.24) is 20.0 Å². The van der Waals surface area contributed by atoms with E-state index in [1.54, 1.807) is 10.9 Å². The fraction of sp³-hybridized carbons (Fsp3) is 0.737. The van der Waals surface area contributed by atoms with Crippen LogP contribution in [-0.2, 0) is 11.8 Å². The first kappa shape index (κ1) is 17.4. The second-order valence-electron chi connectivity index (χ2n) is 8.00. The van der Waals surface area contributed by atoms with Crippen LogP contribution in [-0.4, -0.2) is 59.3 Å². The van der Waals surface area contributed by atoms with Crippen LogP contribution < -0.4 is 10.2 Å². The lowest BCUT2D eigenvalue weighted by molar-refractivity contribution is -0.120. The lowest BCUT2D eigenvalue weighted by Gasteiger charge is -2.42. The standard InChI is InChI=1S/C19H30N6O/c1-3-20-18(21-14-19(7-4-8-19)15-5-6-15)24-9-10-25(17(26)13-24)16-11-22-23(2)12-16/h11-12,15H,3-10,13-14H2,1-2H3,(H,20,21). The van der Waals surface area contributed by atoms with E-state index in [0.29, 0.717) is 18.5 Å². The summed E-state index contributed by atoms with van der Waals surface area (Å²) in [5.74, 6) is 1.90. The van der Waals surface area contributed by atoms with Gasteiger partial charge in [-0.1, -0.05) is 6.42 Å². The predicted octanol–water partition coefficient (Wildman–Crippen LogP) is 1.61. The number of aryl methyl sites for hydroxylation is 1. The fourth-order valence-electron chi connectivity index (χ4n) is 4.35. The Morgan fingerprint density at radius 3 is 2.73 bits per heavy atom. The molecule has 0 bridgehead atoms. The lowest BCUT2D eigenvalue weighted by atomic mass is 9.65. The summed E-state index contributed by atoms with van der Waals surface area (Å²) >= 11 is 0. The third-order valence-corrected chi connectivity index (χ3v) is 6.19. The number of amides is 1. The summed E-state index contributed by atoms with van der Waals surface area (Å²) in [5.41, 5.74) is 1.34. The summed E-state index contributed by atoms with van der Waals surface area (Å²) in [6, 6.07) is 0. The molecular weight excluding hydrogens is 328 g/mol. The molecular formula is C19H30N6O. The number of aromatic nitrogens is 2. The predicted molar refractivity (Wildman–Crippen MR) is 102 cm³/mol. The van der Waals surface area contributed by atoms with Crippen molar-refractivity contribution in [1.29, 1.82) is 0 Å². The molecule has 1 amide bonds. The van der Waals surface area contributed by atoms with Gasteiger partial charge in [0.2, 0.25) is 5.91 Å². The number of guanidine groups is 1. The summed E-state index contributed by atoms with van der Waals surface area (Å²) in [4.78, 5) is 21.6. The summed E-state index contributed by atoms with van der Waals surface area (Å²) < 4.78 is 1.73. The number of nitrogens with zero attached hydrogens (tertiary/aromatic N) is 5. The van der Waals surface area contributed by atoms with Crippen molar-refractivity contribution >= 4 is 17.6 Å². The molecule has 7 nitrogen and oxygen atoms in total. The maximum absolute atomic E-state index is 12.7. The summed E-state index contributed by atoms with van der Waals surface area (Å²) in [6.07, 6.45) is 10.4. The Morgan fingerprint density at radius 2 is 2.19 bits per heavy atom. The molecule has 0 spiro atoms. The largest absolute Gasteiger partial charge is 0.357 e. The van der Waals surface area contributed by atoms with E-state index in [9.17, 15) is 4.79 Å². The van der Waals surface area contributed by atoms with Crippen LogP contribution >= 0.6 is 0 Å². The zero-order valence-corrected chi connectivity index (χ0v) is 15.9. The van der Waals surface area contributed by atoms with E-state index in [1.807, 2.05) is 18.1 Å². The molecule has 1 aromatic heterocycles. The molecule has 2 heterocycles. The van der Waals surface area contributed by atoms with Gasteiger partial charge in [0.15, 0.2) is 5.96 Å². The van der Waals surface area contributed by atoms with Crippen LogP contribution in [0, 0.1) is 11.3 Å². The second-order valence-corrected chi connectivity index (χ2v) is 8.00. The van der Waals surface area contributed by atoms with E-state index < -0.39 is 0 Å². The van der Waals surface area contributed by atoms with Crippen molar-refractivity contribution in [2.45, 2.75) is 39.0 Å². The van der Waals surface area contributed by atoms with Gasteiger partial charge in [0.05, 0.1) is 11.9 Å². The van der Waals surface area contributed by atoms with Gasteiger partial charge in [0.25, 0.3) is 0 Å². The molecule has 4 rings (SSSR count). The number of nitrogens with one attached hydrogen (secondary N) is 1. The van der Waals surface area contributed by atoms with E-state index in [-0.39, 0.29) is 5.91 Å². The molecule has 0 aromatic carbocycles. The highest BCUT2D eigenvalue weighted by atomic mass is 16.2. The summed E-state index contributed by atoms with van der Waals surface area (Å²) in [7, 11) is 1.87. The van der Waals surface area contributed by atoms with Crippen molar-refractivity contribution < 1.29 is 4.79 Å². The highest BCUT2D eigenvalue weighted by Crippen LogP contribution is 2.57. The first-order valence-electron chi connectivity index (χ1n) is 9.93. The van der Waals surface area contributed by atoms with Crippen LogP contribution in [0.2, 0.25) is 0 Å². The monoisotopic (exact) mass is 358 g/mol. The van der Waals surface area contributed by atoms with E-state index in [2.05, 4.69) is 22.2 Å². The zero-order valence-electron chi connectivity index (χ0n) is 15.9. The number of carbonyl (C=O) groups is 1. The Morgan fingerprint density at radius 1 is 1.38 bits per heavy atom. The lowest BCUT2D eigenvalue weighted by Crippen LogP contribution is -2.55. The quantitative estimate of drug-likeness (QED) is 0.642. The van der Waals surface area contributed by atoms with Crippen molar-refractivity contribution in [3.63, 3.8) is 0 Å². The van der Waals surface area contributed by atoms with Crippen molar-refractivity contribution in [3.8, 4) is 0 Å². The molecule has 1 aliphatic heterocycles. The molecule has 7 heteroatoms. The van der Waals surface area contributed by atoms with E-state index in [1.165, 1.54) is 32.1 Å². The van der Waals surface area contributed by atoms with Crippen molar-refractivity contribution in [2.24, 2.45) is 23.4 Å². The van der Waals surface area contributed by atoms with E-state index in [0.717, 1.165) is 37.2 Å². The van der Waals surface area contributed by atoms with Gasteiger partial charge >= 0.3 is 0 Å². The van der Waals surface area contributed by atoms with Crippen LogP contribution in [0.5, 0.6) is 0 Å². The Kier molecular flexibility index (Phi) is 4.63. The SMILES string of the molecule is CCNC(=NCC1(C2CC2)CCC1)N1CCN(c2cnn(C)c2)C(=O)C1. The second kappa shape index (κ2) is 6.93. The van der Waals surface area contributed by atoms with Gasteiger partial charge in [0, 0.05) is 39.4 Å². The molecule has 1 saturated heterocycles. The van der Waals surface area contributed by atoms with Gasteiger partial charge in [-0.05, 0) is 43.9 Å². The number of rotatable bonds is 5. The Bertz CT molecular complexity index is 688. The molecule has 26 heavy (non-hydrogen) atoms. The molecule has 0 radical (unpaired) electrons. The average molecular weight is 358 g/mol. The Balaban J connectivity index is 1.42. The highest BCUT2D eigenvalue weighted by molar-refractivity contribution is 5.98. The Labute approximate surface area is 155 Å². The molecule has 1 N–H and O–H groups in total. The first-order valence-corrected chi connectivity index (χ1v) is 9.93. The molecule has 0 atom stereocenters. The highest BCUT2D eigenvalue weighted by Gasteiger charge is 2.48. The van der Waals surface area contributed by atoms with Crippen LogP contribution in [0.4, 0.5) is 5.69 Å². The number of carbonyl (C=O) groups excluding carboxylic acids is 1. The van der Waals surface area contributed by atoms with Crippen LogP contribution in [0.1, 0.15) is 39.0 Å². The summed E-state index contributed by atoms with van der Waals surface area (Å²) in [6.45, 7) is 5.66. The number of anilines is 1. The normalized spacial score (nSPS) is 23.2. The van der Waals surface area contributed by atoms with Gasteiger partial charge < -0.3 is 15.1 Å². The molecule has 2 aliphatic carbocycles. The molecule has 0 unspecified atom stereocenters. The number of piperazine rings is 1. The van der Waals surface area contributed by atoms with E-state index in [4.69, 9.17) is 4.99 Å². The molecule has 3 fully saturated rings. The number of hydrogen-bond donors (Lipinski definition) is 1. The minimum Gasteiger partial charge on any atom is -0.357 e. The smallest absolute Gasteiger partial charge is 0.246 e. The minimum absolute atomic E-state index is 0.107. The molecule has 142 valence electrons. The zero-order chi connectivity index (χ0) is 18.1. The average Bonchev–Trinajstić information content (AvgIpc) is 3.34. The fourth-order valence-corrected chi connectivity index (χ4v) is 4.35. The third kappa shape index (κ3) is 3.31. The van der Waals surface area contributed by atoms with E-state index >= 15 is 0 Å². The van der Waals surface area contributed by atoms with Crippen LogP contribution in [0.15, 0.2) is 17.4 Å². The van der Waals surface area contributed by atoms with Crippen LogP contribution in [0.25, 0.3) is 0 Å². The summed E-state index contributed by atoms with van der Waals surface area (Å²) in [5, 5.41) is 7.58. The molecule has 2 saturated carbocycles. The minimum atomic E-state index is 0.107. The maximum Gasteiger partial charge on any atom is 0.246 e. The first-order chi connectivity index (χ1) is 12.6.